The van der Waals surface area contributed by atoms with Gasteiger partial charge in [-0.3, -0.25) is 10.1 Å². The SMILES string of the molecule is CSCCNc1cc(C)c([N+](=O)[O-])cc1Br. The second-order valence-electron chi connectivity index (χ2n) is 3.30. The third-order valence-electron chi connectivity index (χ3n) is 2.10. The number of benzene rings is 1. The number of nitrogens with one attached hydrogen (secondary N) is 1. The van der Waals surface area contributed by atoms with Crippen molar-refractivity contribution in [3.63, 3.8) is 0 Å². The minimum absolute atomic E-state index is 0.141. The van der Waals surface area contributed by atoms with Gasteiger partial charge in [0.2, 0.25) is 0 Å². The Kier molecular flexibility index (Phi) is 5.08. The molecular weight excluding hydrogens is 292 g/mol. The zero-order valence-corrected chi connectivity index (χ0v) is 11.5. The Bertz CT molecular complexity index is 399. The minimum Gasteiger partial charge on any atom is -0.383 e. The molecule has 4 nitrogen and oxygen atoms in total. The quantitative estimate of drug-likeness (QED) is 0.514. The summed E-state index contributed by atoms with van der Waals surface area (Å²) in [5.41, 5.74) is 1.71. The summed E-state index contributed by atoms with van der Waals surface area (Å²) in [6.07, 6.45) is 2.04. The maximum Gasteiger partial charge on any atom is 0.273 e. The fourth-order valence-electron chi connectivity index (χ4n) is 1.29. The van der Waals surface area contributed by atoms with Crippen LogP contribution in [-0.4, -0.2) is 23.5 Å². The molecule has 16 heavy (non-hydrogen) atoms. The maximum atomic E-state index is 10.7. The lowest BCUT2D eigenvalue weighted by atomic mass is 10.2. The van der Waals surface area contributed by atoms with Gasteiger partial charge in [-0.05, 0) is 35.2 Å². The van der Waals surface area contributed by atoms with Gasteiger partial charge in [0.25, 0.3) is 5.69 Å². The van der Waals surface area contributed by atoms with E-state index in [1.807, 2.05) is 6.26 Å². The van der Waals surface area contributed by atoms with E-state index in [0.29, 0.717) is 5.56 Å². The molecule has 0 saturated carbocycles. The van der Waals surface area contributed by atoms with Crippen molar-refractivity contribution in [2.45, 2.75) is 6.92 Å². The molecule has 0 unspecified atom stereocenters. The molecule has 1 rings (SSSR count). The molecule has 0 heterocycles. The zero-order valence-electron chi connectivity index (χ0n) is 9.12. The van der Waals surface area contributed by atoms with Gasteiger partial charge in [-0.15, -0.1) is 0 Å². The van der Waals surface area contributed by atoms with Crippen LogP contribution < -0.4 is 5.32 Å². The molecule has 0 bridgehead atoms. The van der Waals surface area contributed by atoms with Crippen molar-refractivity contribution in [3.05, 3.63) is 32.3 Å². The van der Waals surface area contributed by atoms with Crippen LogP contribution >= 0.6 is 27.7 Å². The first-order valence-electron chi connectivity index (χ1n) is 4.73. The van der Waals surface area contributed by atoms with Crippen molar-refractivity contribution in [1.82, 2.24) is 0 Å². The molecule has 1 N–H and O–H groups in total. The summed E-state index contributed by atoms with van der Waals surface area (Å²) in [7, 11) is 0. The van der Waals surface area contributed by atoms with Crippen LogP contribution in [0, 0.1) is 17.0 Å². The van der Waals surface area contributed by atoms with Crippen LogP contribution in [0.1, 0.15) is 5.56 Å². The minimum atomic E-state index is -0.369. The van der Waals surface area contributed by atoms with Gasteiger partial charge >= 0.3 is 0 Å². The number of nitro benzene ring substituents is 1. The van der Waals surface area contributed by atoms with Crippen LogP contribution in [0.25, 0.3) is 0 Å². The molecule has 88 valence electrons. The highest BCUT2D eigenvalue weighted by atomic mass is 79.9. The summed E-state index contributed by atoms with van der Waals surface area (Å²) in [6.45, 7) is 2.58. The molecule has 0 aliphatic carbocycles. The van der Waals surface area contributed by atoms with E-state index < -0.39 is 0 Å². The van der Waals surface area contributed by atoms with Crippen molar-refractivity contribution < 1.29 is 4.92 Å². The molecule has 0 radical (unpaired) electrons. The van der Waals surface area contributed by atoms with Gasteiger partial charge in [0.15, 0.2) is 0 Å². The third-order valence-corrected chi connectivity index (χ3v) is 3.37. The first-order chi connectivity index (χ1) is 7.56. The monoisotopic (exact) mass is 304 g/mol. The van der Waals surface area contributed by atoms with Gasteiger partial charge in [-0.25, -0.2) is 0 Å². The van der Waals surface area contributed by atoms with E-state index in [2.05, 4.69) is 21.2 Å². The lowest BCUT2D eigenvalue weighted by Crippen LogP contribution is -2.05. The first-order valence-corrected chi connectivity index (χ1v) is 6.92. The van der Waals surface area contributed by atoms with Crippen molar-refractivity contribution in [1.29, 1.82) is 0 Å². The maximum absolute atomic E-state index is 10.7. The van der Waals surface area contributed by atoms with E-state index in [1.54, 1.807) is 24.8 Å². The number of halogens is 1. The third kappa shape index (κ3) is 3.38. The van der Waals surface area contributed by atoms with Crippen LogP contribution in [0.15, 0.2) is 16.6 Å². The Morgan fingerprint density at radius 1 is 1.56 bits per heavy atom. The Morgan fingerprint density at radius 2 is 2.25 bits per heavy atom. The highest BCUT2D eigenvalue weighted by Gasteiger charge is 2.13. The van der Waals surface area contributed by atoms with Gasteiger partial charge in [0.05, 0.1) is 4.92 Å². The van der Waals surface area contributed by atoms with E-state index in [1.165, 1.54) is 6.07 Å². The van der Waals surface area contributed by atoms with E-state index in [-0.39, 0.29) is 10.6 Å². The van der Waals surface area contributed by atoms with Gasteiger partial charge in [-0.2, -0.15) is 11.8 Å². The van der Waals surface area contributed by atoms with Gasteiger partial charge in [-0.1, -0.05) is 0 Å². The summed E-state index contributed by atoms with van der Waals surface area (Å²) in [6, 6.07) is 3.33. The molecule has 6 heteroatoms. The zero-order chi connectivity index (χ0) is 12.1. The topological polar surface area (TPSA) is 55.2 Å². The van der Waals surface area contributed by atoms with Gasteiger partial charge in [0.1, 0.15) is 0 Å². The number of hydrogen-bond acceptors (Lipinski definition) is 4. The Balaban J connectivity index is 2.88. The van der Waals surface area contributed by atoms with Gasteiger partial charge in [0, 0.05) is 34.1 Å². The van der Waals surface area contributed by atoms with E-state index in [4.69, 9.17) is 0 Å². The van der Waals surface area contributed by atoms with Crippen molar-refractivity contribution in [3.8, 4) is 0 Å². The van der Waals surface area contributed by atoms with Crippen LogP contribution in [0.2, 0.25) is 0 Å². The molecular formula is C10H13BrN2O2S. The molecule has 0 saturated heterocycles. The highest BCUT2D eigenvalue weighted by Crippen LogP contribution is 2.30. The van der Waals surface area contributed by atoms with Gasteiger partial charge < -0.3 is 5.32 Å². The smallest absolute Gasteiger partial charge is 0.273 e. The molecule has 0 amide bonds. The number of anilines is 1. The Morgan fingerprint density at radius 3 is 2.81 bits per heavy atom. The average molecular weight is 305 g/mol. The summed E-state index contributed by atoms with van der Waals surface area (Å²) in [5.74, 6) is 1.00. The largest absolute Gasteiger partial charge is 0.383 e. The molecule has 1 aromatic carbocycles. The summed E-state index contributed by atoms with van der Waals surface area (Å²) in [5, 5.41) is 13.9. The lowest BCUT2D eigenvalue weighted by molar-refractivity contribution is -0.385. The van der Waals surface area contributed by atoms with Crippen LogP contribution in [0.3, 0.4) is 0 Å². The fourth-order valence-corrected chi connectivity index (χ4v) is 2.07. The van der Waals surface area contributed by atoms with Crippen molar-refractivity contribution in [2.24, 2.45) is 0 Å². The Labute approximate surface area is 107 Å². The van der Waals surface area contributed by atoms with Crippen LogP contribution in [0.4, 0.5) is 11.4 Å². The number of hydrogen-bond donors (Lipinski definition) is 1. The summed E-state index contributed by atoms with van der Waals surface area (Å²) >= 11 is 5.08. The summed E-state index contributed by atoms with van der Waals surface area (Å²) < 4.78 is 0.728. The summed E-state index contributed by atoms with van der Waals surface area (Å²) in [4.78, 5) is 10.3. The molecule has 0 aromatic heterocycles. The molecule has 0 atom stereocenters. The normalized spacial score (nSPS) is 10.2. The predicted octanol–water partition coefficient (Wildman–Crippen LogP) is 3.44. The van der Waals surface area contributed by atoms with Crippen LogP contribution in [0.5, 0.6) is 0 Å². The Hall–Kier alpha value is -0.750. The number of nitrogens with zero attached hydrogens (tertiary/aromatic N) is 1. The second-order valence-corrected chi connectivity index (χ2v) is 5.14. The van der Waals surface area contributed by atoms with E-state index in [9.17, 15) is 10.1 Å². The van der Waals surface area contributed by atoms with E-state index >= 15 is 0 Å². The number of aryl methyl sites for hydroxylation is 1. The number of nitro groups is 1. The lowest BCUT2D eigenvalue weighted by Gasteiger charge is -2.09. The number of rotatable bonds is 5. The van der Waals surface area contributed by atoms with Crippen molar-refractivity contribution in [2.75, 3.05) is 23.9 Å². The van der Waals surface area contributed by atoms with E-state index in [0.717, 1.165) is 22.5 Å². The molecule has 0 fully saturated rings. The standard InChI is InChI=1S/C10H13BrN2O2S/c1-7-5-9(12-3-4-16-2)8(11)6-10(7)13(14)15/h5-6,12H,3-4H2,1-2H3. The molecule has 0 spiro atoms. The fraction of sp³-hybridized carbons (Fsp3) is 0.400. The predicted molar refractivity (Wildman–Crippen MR) is 72.4 cm³/mol. The molecule has 1 aromatic rings. The highest BCUT2D eigenvalue weighted by molar-refractivity contribution is 9.10. The second kappa shape index (κ2) is 6.10. The van der Waals surface area contributed by atoms with Crippen LogP contribution in [-0.2, 0) is 0 Å². The number of thioether (sulfide) groups is 1. The molecule has 0 aliphatic rings. The molecule has 0 aliphatic heterocycles. The first kappa shape index (κ1) is 13.3. The van der Waals surface area contributed by atoms with Crippen molar-refractivity contribution >= 4 is 39.1 Å². The average Bonchev–Trinajstić information content (AvgIpc) is 2.22.